The van der Waals surface area contributed by atoms with Crippen LogP contribution in [0.25, 0.3) is 0 Å². The number of hydrogen-bond acceptors (Lipinski definition) is 2. The van der Waals surface area contributed by atoms with Crippen LogP contribution in [0.5, 0.6) is 0 Å². The molecule has 2 N–H and O–H groups in total. The smallest absolute Gasteiger partial charge is 0.0914 e. The standard InChI is InChI=1S/C16H18ClNO/c1-12-6-8-13(9-7-12)16(19)11-18-10-14-4-2-3-5-15(14)17/h2-9,16,18-19H,10-11H2,1H3. The van der Waals surface area contributed by atoms with Gasteiger partial charge in [0, 0.05) is 18.1 Å². The van der Waals surface area contributed by atoms with E-state index in [0.717, 1.165) is 16.1 Å². The highest BCUT2D eigenvalue weighted by atomic mass is 35.5. The minimum Gasteiger partial charge on any atom is -0.387 e. The van der Waals surface area contributed by atoms with Crippen LogP contribution in [0.4, 0.5) is 0 Å². The molecule has 0 amide bonds. The molecule has 2 aromatic rings. The molecule has 0 aliphatic carbocycles. The van der Waals surface area contributed by atoms with Crippen LogP contribution in [-0.2, 0) is 6.54 Å². The van der Waals surface area contributed by atoms with Gasteiger partial charge in [-0.15, -0.1) is 0 Å². The molecule has 0 heterocycles. The Morgan fingerprint density at radius 1 is 1.11 bits per heavy atom. The van der Waals surface area contributed by atoms with Crippen LogP contribution in [0.3, 0.4) is 0 Å². The molecule has 19 heavy (non-hydrogen) atoms. The summed E-state index contributed by atoms with van der Waals surface area (Å²) in [6, 6.07) is 15.6. The highest BCUT2D eigenvalue weighted by molar-refractivity contribution is 6.31. The molecule has 1 atom stereocenters. The predicted molar refractivity (Wildman–Crippen MR) is 79.3 cm³/mol. The molecule has 0 bridgehead atoms. The first-order chi connectivity index (χ1) is 9.16. The van der Waals surface area contributed by atoms with E-state index in [0.29, 0.717) is 13.1 Å². The SMILES string of the molecule is Cc1ccc(C(O)CNCc2ccccc2Cl)cc1. The molecule has 2 nitrogen and oxygen atoms in total. The Hall–Kier alpha value is -1.35. The molecule has 0 saturated carbocycles. The molecule has 0 saturated heterocycles. The minimum atomic E-state index is -0.497. The van der Waals surface area contributed by atoms with Gasteiger partial charge in [-0.1, -0.05) is 59.6 Å². The number of aliphatic hydroxyl groups excluding tert-OH is 1. The van der Waals surface area contributed by atoms with Gasteiger partial charge in [0.1, 0.15) is 0 Å². The van der Waals surface area contributed by atoms with Crippen LogP contribution in [0, 0.1) is 6.92 Å². The van der Waals surface area contributed by atoms with Crippen molar-refractivity contribution in [3.8, 4) is 0 Å². The van der Waals surface area contributed by atoms with Gasteiger partial charge in [-0.25, -0.2) is 0 Å². The Balaban J connectivity index is 1.86. The lowest BCUT2D eigenvalue weighted by Gasteiger charge is -2.13. The summed E-state index contributed by atoms with van der Waals surface area (Å²) in [4.78, 5) is 0. The van der Waals surface area contributed by atoms with Gasteiger partial charge in [0.25, 0.3) is 0 Å². The Kier molecular flexibility index (Phi) is 4.97. The third-order valence-corrected chi connectivity index (χ3v) is 3.44. The number of hydrogen-bond donors (Lipinski definition) is 2. The molecular weight excluding hydrogens is 258 g/mol. The van der Waals surface area contributed by atoms with Crippen LogP contribution in [0.1, 0.15) is 22.8 Å². The first-order valence-corrected chi connectivity index (χ1v) is 6.73. The number of benzene rings is 2. The second-order valence-corrected chi connectivity index (χ2v) is 5.06. The third kappa shape index (κ3) is 4.06. The maximum atomic E-state index is 10.1. The molecule has 0 aliphatic rings. The maximum Gasteiger partial charge on any atom is 0.0914 e. The van der Waals surface area contributed by atoms with Gasteiger partial charge in [0.05, 0.1) is 6.10 Å². The van der Waals surface area contributed by atoms with Crippen molar-refractivity contribution in [2.24, 2.45) is 0 Å². The minimum absolute atomic E-state index is 0.497. The molecular formula is C16H18ClNO. The van der Waals surface area contributed by atoms with Crippen molar-refractivity contribution in [2.75, 3.05) is 6.54 Å². The zero-order valence-electron chi connectivity index (χ0n) is 10.9. The molecule has 2 rings (SSSR count). The highest BCUT2D eigenvalue weighted by Gasteiger charge is 2.07. The van der Waals surface area contributed by atoms with E-state index in [1.807, 2.05) is 55.5 Å². The van der Waals surface area contributed by atoms with E-state index >= 15 is 0 Å². The summed E-state index contributed by atoms with van der Waals surface area (Å²) in [7, 11) is 0. The molecule has 0 spiro atoms. The summed E-state index contributed by atoms with van der Waals surface area (Å²) in [6.07, 6.45) is -0.497. The number of nitrogens with one attached hydrogen (secondary N) is 1. The van der Waals surface area contributed by atoms with Crippen molar-refractivity contribution in [3.63, 3.8) is 0 Å². The van der Waals surface area contributed by atoms with Gasteiger partial charge in [-0.3, -0.25) is 0 Å². The second-order valence-electron chi connectivity index (χ2n) is 4.65. The van der Waals surface area contributed by atoms with Crippen LogP contribution in [0.15, 0.2) is 48.5 Å². The summed E-state index contributed by atoms with van der Waals surface area (Å²) < 4.78 is 0. The molecule has 3 heteroatoms. The van der Waals surface area contributed by atoms with Gasteiger partial charge in [0.2, 0.25) is 0 Å². The molecule has 0 radical (unpaired) electrons. The molecule has 1 unspecified atom stereocenters. The van der Waals surface area contributed by atoms with Crippen molar-refractivity contribution >= 4 is 11.6 Å². The zero-order valence-corrected chi connectivity index (χ0v) is 11.7. The highest BCUT2D eigenvalue weighted by Crippen LogP contribution is 2.16. The molecule has 2 aromatic carbocycles. The summed E-state index contributed by atoms with van der Waals surface area (Å²) in [6.45, 7) is 3.20. The fraction of sp³-hybridized carbons (Fsp3) is 0.250. The summed E-state index contributed by atoms with van der Waals surface area (Å²) in [5, 5.41) is 14.0. The van der Waals surface area contributed by atoms with E-state index in [1.54, 1.807) is 0 Å². The summed E-state index contributed by atoms with van der Waals surface area (Å²) >= 11 is 6.07. The van der Waals surface area contributed by atoms with Crippen molar-refractivity contribution in [1.29, 1.82) is 0 Å². The lowest BCUT2D eigenvalue weighted by molar-refractivity contribution is 0.174. The molecule has 0 aliphatic heterocycles. The van der Waals surface area contributed by atoms with Gasteiger partial charge in [-0.2, -0.15) is 0 Å². The second kappa shape index (κ2) is 6.71. The fourth-order valence-corrected chi connectivity index (χ4v) is 2.09. The Morgan fingerprint density at radius 3 is 2.47 bits per heavy atom. The summed E-state index contributed by atoms with van der Waals surface area (Å²) in [5.41, 5.74) is 3.16. The Morgan fingerprint density at radius 2 is 1.79 bits per heavy atom. The molecule has 100 valence electrons. The van der Waals surface area contributed by atoms with E-state index in [4.69, 9.17) is 11.6 Å². The van der Waals surface area contributed by atoms with E-state index in [-0.39, 0.29) is 0 Å². The van der Waals surface area contributed by atoms with Crippen molar-refractivity contribution < 1.29 is 5.11 Å². The lowest BCUT2D eigenvalue weighted by atomic mass is 10.1. The average Bonchev–Trinajstić information content (AvgIpc) is 2.41. The predicted octanol–water partition coefficient (Wildman–Crippen LogP) is 3.47. The van der Waals surface area contributed by atoms with Crippen molar-refractivity contribution in [1.82, 2.24) is 5.32 Å². The first-order valence-electron chi connectivity index (χ1n) is 6.35. The van der Waals surface area contributed by atoms with Crippen molar-refractivity contribution in [3.05, 3.63) is 70.2 Å². The van der Waals surface area contributed by atoms with Crippen LogP contribution in [-0.4, -0.2) is 11.7 Å². The first kappa shape index (κ1) is 14.1. The largest absolute Gasteiger partial charge is 0.387 e. The fourth-order valence-electron chi connectivity index (χ4n) is 1.89. The Bertz CT molecular complexity index is 525. The van der Waals surface area contributed by atoms with E-state index in [1.165, 1.54) is 5.56 Å². The van der Waals surface area contributed by atoms with Crippen LogP contribution in [0.2, 0.25) is 5.02 Å². The Labute approximate surface area is 119 Å². The normalized spacial score (nSPS) is 12.4. The molecule has 0 fully saturated rings. The summed E-state index contributed by atoms with van der Waals surface area (Å²) in [5.74, 6) is 0. The zero-order chi connectivity index (χ0) is 13.7. The van der Waals surface area contributed by atoms with Crippen LogP contribution < -0.4 is 5.32 Å². The monoisotopic (exact) mass is 275 g/mol. The van der Waals surface area contributed by atoms with E-state index in [9.17, 15) is 5.11 Å². The lowest BCUT2D eigenvalue weighted by Crippen LogP contribution is -2.21. The van der Waals surface area contributed by atoms with Gasteiger partial charge in [0.15, 0.2) is 0 Å². The third-order valence-electron chi connectivity index (χ3n) is 3.07. The quantitative estimate of drug-likeness (QED) is 0.876. The van der Waals surface area contributed by atoms with E-state index in [2.05, 4.69) is 5.32 Å². The maximum absolute atomic E-state index is 10.1. The van der Waals surface area contributed by atoms with Gasteiger partial charge < -0.3 is 10.4 Å². The van der Waals surface area contributed by atoms with E-state index < -0.39 is 6.10 Å². The number of rotatable bonds is 5. The van der Waals surface area contributed by atoms with Gasteiger partial charge >= 0.3 is 0 Å². The van der Waals surface area contributed by atoms with Crippen molar-refractivity contribution in [2.45, 2.75) is 19.6 Å². The van der Waals surface area contributed by atoms with Crippen LogP contribution >= 0.6 is 11.6 Å². The molecule has 0 aromatic heterocycles. The number of aryl methyl sites for hydroxylation is 1. The topological polar surface area (TPSA) is 32.3 Å². The van der Waals surface area contributed by atoms with Gasteiger partial charge in [-0.05, 0) is 24.1 Å². The average molecular weight is 276 g/mol. The number of aliphatic hydroxyl groups is 1. The number of halogens is 1.